The van der Waals surface area contributed by atoms with E-state index in [-0.39, 0.29) is 34.0 Å². The minimum atomic E-state index is -5.10. The van der Waals surface area contributed by atoms with Crippen molar-refractivity contribution < 1.29 is 57.5 Å². The SMILES string of the molecule is Nc1ncnc2c1ncn2[C@@H]1O[C@H](OC[P+](=O)O)[C@H](OP(=O)(O)OC[C@H]2O[C@@H](n3cnc4c(N)ncnc43)[C@@H](O)C2O)C1O. The number of fused-ring (bicyclic) bond motifs is 2. The first-order valence-corrected chi connectivity index (χ1v) is 15.5. The molecule has 0 aromatic carbocycles. The lowest BCUT2D eigenvalue weighted by molar-refractivity contribution is -0.165. The molecule has 2 aliphatic heterocycles. The molecule has 2 saturated heterocycles. The molecule has 24 heteroatoms. The minimum Gasteiger partial charge on any atom is -0.387 e. The highest BCUT2D eigenvalue weighted by Gasteiger charge is 2.52. The predicted octanol–water partition coefficient (Wildman–Crippen LogP) is -2.12. The molecule has 6 rings (SSSR count). The number of nitrogen functional groups attached to an aromatic ring is 2. The van der Waals surface area contributed by atoms with Crippen LogP contribution >= 0.6 is 15.9 Å². The lowest BCUT2D eigenvalue weighted by atomic mass is 10.1. The van der Waals surface area contributed by atoms with Crippen LogP contribution in [0.25, 0.3) is 22.3 Å². The van der Waals surface area contributed by atoms with Crippen molar-refractivity contribution in [2.75, 3.05) is 24.4 Å². The highest BCUT2D eigenvalue weighted by Crippen LogP contribution is 2.49. The van der Waals surface area contributed by atoms with Gasteiger partial charge in [-0.1, -0.05) is 0 Å². The van der Waals surface area contributed by atoms with Crippen LogP contribution in [-0.2, 0) is 32.4 Å². The van der Waals surface area contributed by atoms with Crippen LogP contribution in [0.2, 0.25) is 0 Å². The Balaban J connectivity index is 1.16. The van der Waals surface area contributed by atoms with Crippen molar-refractivity contribution in [2.45, 2.75) is 49.3 Å². The molecular weight excluding hydrogens is 634 g/mol. The van der Waals surface area contributed by atoms with E-state index in [1.54, 1.807) is 0 Å². The zero-order valence-electron chi connectivity index (χ0n) is 22.1. The molecule has 0 bridgehead atoms. The topological polar surface area (TPSA) is 321 Å². The highest BCUT2D eigenvalue weighted by atomic mass is 31.2. The quantitative estimate of drug-likeness (QED) is 0.0894. The Hall–Kier alpha value is -3.37. The molecule has 22 nitrogen and oxygen atoms in total. The van der Waals surface area contributed by atoms with Crippen LogP contribution in [0.3, 0.4) is 0 Å². The number of aliphatic hydroxyl groups is 3. The smallest absolute Gasteiger partial charge is 0.387 e. The number of ether oxygens (including phenoxy) is 3. The van der Waals surface area contributed by atoms with Crippen molar-refractivity contribution in [1.29, 1.82) is 0 Å². The maximum Gasteiger partial charge on any atom is 0.534 e. The second-order valence-corrected chi connectivity index (χ2v) is 11.9. The third-order valence-corrected chi connectivity index (χ3v) is 8.19. The number of anilines is 2. The number of hydrogen-bond donors (Lipinski definition) is 7. The van der Waals surface area contributed by atoms with Gasteiger partial charge in [-0.25, -0.2) is 34.5 Å². The van der Waals surface area contributed by atoms with Gasteiger partial charge in [-0.15, -0.1) is 0 Å². The largest absolute Gasteiger partial charge is 0.534 e. The van der Waals surface area contributed by atoms with Crippen LogP contribution in [0.4, 0.5) is 11.6 Å². The number of hydrogen-bond acceptors (Lipinski definition) is 18. The van der Waals surface area contributed by atoms with Crippen LogP contribution in [0, 0.1) is 0 Å². The van der Waals surface area contributed by atoms with Crippen molar-refractivity contribution in [3.05, 3.63) is 25.3 Å². The summed E-state index contributed by atoms with van der Waals surface area (Å²) in [5.74, 6) is 0.113. The molecule has 2 fully saturated rings. The van der Waals surface area contributed by atoms with Crippen LogP contribution in [0.15, 0.2) is 25.3 Å². The number of nitrogens with zero attached hydrogens (tertiary/aromatic N) is 8. The Morgan fingerprint density at radius 1 is 0.886 bits per heavy atom. The van der Waals surface area contributed by atoms with Crippen molar-refractivity contribution in [3.63, 3.8) is 0 Å². The molecule has 0 radical (unpaired) electrons. The first-order valence-electron chi connectivity index (χ1n) is 12.6. The van der Waals surface area contributed by atoms with Crippen LogP contribution in [-0.4, -0.2) is 114 Å². The molecule has 0 saturated carbocycles. The van der Waals surface area contributed by atoms with Gasteiger partial charge in [-0.3, -0.25) is 18.2 Å². The average Bonchev–Trinajstić information content (AvgIpc) is 3.73. The molecule has 4 aromatic rings. The Labute approximate surface area is 245 Å². The lowest BCUT2D eigenvalue weighted by Gasteiger charge is -2.23. The van der Waals surface area contributed by atoms with Gasteiger partial charge >= 0.3 is 15.9 Å². The average molecular weight is 659 g/mol. The Morgan fingerprint density at radius 3 is 2.02 bits per heavy atom. The number of aliphatic hydroxyl groups excluding tert-OH is 3. The molecule has 6 heterocycles. The summed E-state index contributed by atoms with van der Waals surface area (Å²) in [7, 11) is -7.93. The summed E-state index contributed by atoms with van der Waals surface area (Å²) in [5, 5.41) is 32.2. The van der Waals surface area contributed by atoms with E-state index in [0.717, 1.165) is 6.33 Å². The third kappa shape index (κ3) is 5.62. The summed E-state index contributed by atoms with van der Waals surface area (Å²) in [5.41, 5.74) is 12.3. The zero-order valence-corrected chi connectivity index (χ0v) is 23.9. The van der Waals surface area contributed by atoms with Crippen LogP contribution < -0.4 is 11.5 Å². The molecule has 0 spiro atoms. The summed E-state index contributed by atoms with van der Waals surface area (Å²) in [6.07, 6.45) is -8.19. The van der Waals surface area contributed by atoms with E-state index in [0.29, 0.717) is 0 Å². The van der Waals surface area contributed by atoms with E-state index >= 15 is 0 Å². The van der Waals surface area contributed by atoms with Gasteiger partial charge in [0.1, 0.15) is 48.1 Å². The normalized spacial score (nSPS) is 30.7. The molecule has 0 amide bonds. The van der Waals surface area contributed by atoms with Gasteiger partial charge in [0.05, 0.1) is 19.3 Å². The fourth-order valence-electron chi connectivity index (χ4n) is 4.79. The van der Waals surface area contributed by atoms with E-state index in [1.807, 2.05) is 0 Å². The first-order chi connectivity index (χ1) is 20.9. The molecule has 44 heavy (non-hydrogen) atoms. The van der Waals surface area contributed by atoms with E-state index in [4.69, 9.17) is 34.7 Å². The van der Waals surface area contributed by atoms with Gasteiger partial charge in [0.15, 0.2) is 47.8 Å². The minimum absolute atomic E-state index is 0.0367. The Kier molecular flexibility index (Phi) is 8.26. The van der Waals surface area contributed by atoms with Gasteiger partial charge in [0, 0.05) is 0 Å². The Bertz CT molecular complexity index is 1740. The maximum absolute atomic E-state index is 13.0. The first kappa shape index (κ1) is 30.6. The monoisotopic (exact) mass is 659 g/mol. The second-order valence-electron chi connectivity index (χ2n) is 9.58. The van der Waals surface area contributed by atoms with Gasteiger partial charge in [-0.2, -0.15) is 4.89 Å². The van der Waals surface area contributed by atoms with E-state index < -0.39 is 78.1 Å². The molecule has 4 unspecified atom stereocenters. The number of aromatic nitrogens is 8. The van der Waals surface area contributed by atoms with Crippen LogP contribution in [0.5, 0.6) is 0 Å². The second kappa shape index (κ2) is 11.9. The van der Waals surface area contributed by atoms with Crippen LogP contribution in [0.1, 0.15) is 12.5 Å². The summed E-state index contributed by atoms with van der Waals surface area (Å²) in [4.78, 5) is 43.7. The summed E-state index contributed by atoms with van der Waals surface area (Å²) < 4.78 is 53.6. The van der Waals surface area contributed by atoms with Gasteiger partial charge in [0.25, 0.3) is 6.35 Å². The molecule has 10 atom stereocenters. The molecule has 4 aromatic heterocycles. The maximum atomic E-state index is 13.0. The van der Waals surface area contributed by atoms with Gasteiger partial charge < -0.3 is 45.9 Å². The molecule has 2 aliphatic rings. The summed E-state index contributed by atoms with van der Waals surface area (Å²) in [6, 6.07) is 0. The van der Waals surface area contributed by atoms with Crippen molar-refractivity contribution in [2.24, 2.45) is 0 Å². The molecule has 0 aliphatic carbocycles. The lowest BCUT2D eigenvalue weighted by Crippen LogP contribution is -2.36. The zero-order chi connectivity index (χ0) is 31.3. The summed E-state index contributed by atoms with van der Waals surface area (Å²) in [6.45, 7) is -0.768. The number of nitrogens with two attached hydrogens (primary N) is 2. The molecule has 236 valence electrons. The van der Waals surface area contributed by atoms with Crippen molar-refractivity contribution in [1.82, 2.24) is 39.0 Å². The van der Waals surface area contributed by atoms with Crippen molar-refractivity contribution in [3.8, 4) is 0 Å². The third-order valence-electron chi connectivity index (χ3n) is 6.84. The van der Waals surface area contributed by atoms with Gasteiger partial charge in [0.2, 0.25) is 0 Å². The number of phosphoric ester groups is 1. The van der Waals surface area contributed by atoms with E-state index in [1.165, 1.54) is 28.1 Å². The fraction of sp³-hybridized carbons (Fsp3) is 0.500. The molecule has 9 N–H and O–H groups in total. The van der Waals surface area contributed by atoms with E-state index in [2.05, 4.69) is 29.9 Å². The fourth-order valence-corrected chi connectivity index (χ4v) is 6.00. The predicted molar refractivity (Wildman–Crippen MR) is 142 cm³/mol. The number of phosphoric acid groups is 1. The standard InChI is InChI=1S/C20H24N10O12P2/c21-14-8-16(25-2-23-14)29(4-27-8)18-11(32)10(31)7(40-18)1-39-44(36,37)42-13-12(33)19(41-20(13)38-6-43(34)35)30-5-28-9-15(22)24-3-26-17(9)30/h2-5,7,10-13,18-20,31-33H,1,6H2,(H5-,21,22,23,24,25,26,34,35,36,37)/p+1/t7-,10?,11+,12?,13-,18-,19-,20+/m1/s1. The summed E-state index contributed by atoms with van der Waals surface area (Å²) >= 11 is 0. The highest BCUT2D eigenvalue weighted by molar-refractivity contribution is 7.47. The Morgan fingerprint density at radius 2 is 1.45 bits per heavy atom. The number of rotatable bonds is 10. The van der Waals surface area contributed by atoms with Crippen molar-refractivity contribution >= 4 is 49.8 Å². The number of imidazole rings is 2. The van der Waals surface area contributed by atoms with Gasteiger partial charge in [-0.05, 0) is 4.57 Å². The molecular formula is C20H25N10O12P2+. The van der Waals surface area contributed by atoms with E-state index in [9.17, 15) is 34.2 Å².